The second kappa shape index (κ2) is 9.67. The van der Waals surface area contributed by atoms with Gasteiger partial charge in [0.2, 0.25) is 5.91 Å². The smallest absolute Gasteiger partial charge is 0.230 e. The molecule has 3 heterocycles. The van der Waals surface area contributed by atoms with Crippen molar-refractivity contribution >= 4 is 29.0 Å². The summed E-state index contributed by atoms with van der Waals surface area (Å²) < 4.78 is 38.2. The number of ether oxygens (including phenoxy) is 2. The summed E-state index contributed by atoms with van der Waals surface area (Å²) in [6.07, 6.45) is -0.550. The SMILES string of the molecule is NC1OC1c1csc(SCC(=O)NC[C@H]2CN(Cc3ccc(F)c(F)c3)CCO2)n1. The molecular formula is C19H22F2N4O3S2. The van der Waals surface area contributed by atoms with Crippen molar-refractivity contribution in [1.29, 1.82) is 0 Å². The average molecular weight is 457 g/mol. The number of carbonyl (C=O) groups is 1. The molecule has 4 rings (SSSR count). The van der Waals surface area contributed by atoms with Gasteiger partial charge in [-0.3, -0.25) is 9.69 Å². The van der Waals surface area contributed by atoms with Gasteiger partial charge in [-0.1, -0.05) is 17.8 Å². The molecule has 0 bridgehead atoms. The lowest BCUT2D eigenvalue weighted by atomic mass is 10.1. The minimum absolute atomic E-state index is 0.0996. The van der Waals surface area contributed by atoms with Crippen molar-refractivity contribution in [2.45, 2.75) is 29.3 Å². The predicted octanol–water partition coefficient (Wildman–Crippen LogP) is 1.89. The van der Waals surface area contributed by atoms with E-state index in [1.54, 1.807) is 6.07 Å². The van der Waals surface area contributed by atoms with E-state index in [9.17, 15) is 13.6 Å². The van der Waals surface area contributed by atoms with Crippen molar-refractivity contribution in [1.82, 2.24) is 15.2 Å². The van der Waals surface area contributed by atoms with E-state index in [0.29, 0.717) is 38.3 Å². The van der Waals surface area contributed by atoms with E-state index >= 15 is 0 Å². The number of thioether (sulfide) groups is 1. The number of hydrogen-bond acceptors (Lipinski definition) is 8. The molecule has 0 aliphatic carbocycles. The molecule has 2 unspecified atom stereocenters. The lowest BCUT2D eigenvalue weighted by molar-refractivity contribution is -0.119. The minimum Gasteiger partial charge on any atom is -0.374 e. The molecule has 0 spiro atoms. The first kappa shape index (κ1) is 21.6. The number of carbonyl (C=O) groups excluding carboxylic acids is 1. The van der Waals surface area contributed by atoms with Gasteiger partial charge in [0.15, 0.2) is 16.0 Å². The quantitative estimate of drug-likeness (QED) is 0.463. The predicted molar refractivity (Wildman–Crippen MR) is 109 cm³/mol. The van der Waals surface area contributed by atoms with Gasteiger partial charge in [-0.25, -0.2) is 13.8 Å². The molecule has 2 aliphatic heterocycles. The molecule has 1 amide bonds. The molecule has 1 aromatic carbocycles. The van der Waals surface area contributed by atoms with Gasteiger partial charge < -0.3 is 20.5 Å². The fourth-order valence-electron chi connectivity index (χ4n) is 3.18. The van der Waals surface area contributed by atoms with Crippen LogP contribution in [0.1, 0.15) is 17.4 Å². The fourth-order valence-corrected chi connectivity index (χ4v) is 4.86. The van der Waals surface area contributed by atoms with E-state index in [1.807, 2.05) is 5.38 Å². The number of benzene rings is 1. The van der Waals surface area contributed by atoms with Gasteiger partial charge in [0.1, 0.15) is 12.3 Å². The van der Waals surface area contributed by atoms with Gasteiger partial charge in [0.25, 0.3) is 0 Å². The maximum absolute atomic E-state index is 13.4. The zero-order valence-corrected chi connectivity index (χ0v) is 17.7. The number of morpholine rings is 1. The average Bonchev–Trinajstić information content (AvgIpc) is 3.27. The highest BCUT2D eigenvalue weighted by Gasteiger charge is 2.38. The second-order valence-corrected chi connectivity index (χ2v) is 9.21. The number of halogens is 2. The molecule has 2 saturated heterocycles. The van der Waals surface area contributed by atoms with E-state index < -0.39 is 11.6 Å². The second-order valence-electron chi connectivity index (χ2n) is 7.13. The molecule has 162 valence electrons. The number of epoxide rings is 1. The summed E-state index contributed by atoms with van der Waals surface area (Å²) in [5, 5.41) is 4.78. The first-order chi connectivity index (χ1) is 14.5. The fraction of sp³-hybridized carbons (Fsp3) is 0.474. The van der Waals surface area contributed by atoms with Crippen LogP contribution in [0.15, 0.2) is 27.9 Å². The van der Waals surface area contributed by atoms with Crippen molar-refractivity contribution in [2.75, 3.05) is 32.0 Å². The zero-order chi connectivity index (χ0) is 21.1. The van der Waals surface area contributed by atoms with E-state index in [1.165, 1.54) is 29.2 Å². The molecule has 0 radical (unpaired) electrons. The number of aromatic nitrogens is 1. The molecule has 30 heavy (non-hydrogen) atoms. The summed E-state index contributed by atoms with van der Waals surface area (Å²) in [6, 6.07) is 3.93. The molecule has 3 atom stereocenters. The molecule has 2 aliphatic rings. The van der Waals surface area contributed by atoms with E-state index in [2.05, 4.69) is 15.2 Å². The summed E-state index contributed by atoms with van der Waals surface area (Å²) >= 11 is 2.83. The highest BCUT2D eigenvalue weighted by molar-refractivity contribution is 8.01. The Balaban J connectivity index is 1.18. The number of thiazole rings is 1. The summed E-state index contributed by atoms with van der Waals surface area (Å²) in [5.74, 6) is -1.53. The van der Waals surface area contributed by atoms with E-state index in [-0.39, 0.29) is 30.1 Å². The van der Waals surface area contributed by atoms with Crippen molar-refractivity contribution < 1.29 is 23.0 Å². The Bertz CT molecular complexity index is 900. The molecule has 11 heteroatoms. The zero-order valence-electron chi connectivity index (χ0n) is 16.1. The summed E-state index contributed by atoms with van der Waals surface area (Å²) in [6.45, 7) is 2.71. The standard InChI is InChI=1S/C19H22F2N4O3S2/c20-13-2-1-11(5-14(13)21)7-25-3-4-27-12(8-25)6-23-16(26)10-30-19-24-15(9-29-19)17-18(22)28-17/h1-2,5,9,12,17-18H,3-4,6-8,10,22H2,(H,23,26)/t12-,17?,18?/m0/s1. The summed E-state index contributed by atoms with van der Waals surface area (Å²) in [7, 11) is 0. The third-order valence-corrected chi connectivity index (χ3v) is 6.82. The van der Waals surface area contributed by atoms with Crippen LogP contribution >= 0.6 is 23.1 Å². The Morgan fingerprint density at radius 3 is 3.00 bits per heavy atom. The Morgan fingerprint density at radius 1 is 1.40 bits per heavy atom. The number of nitrogens with two attached hydrogens (primary N) is 1. The Labute approximate surface area is 180 Å². The third-order valence-electron chi connectivity index (χ3n) is 4.78. The summed E-state index contributed by atoms with van der Waals surface area (Å²) in [5.41, 5.74) is 7.15. The Morgan fingerprint density at radius 2 is 2.23 bits per heavy atom. The lowest BCUT2D eigenvalue weighted by Crippen LogP contribution is -2.47. The normalized spacial score (nSPS) is 24.0. The summed E-state index contributed by atoms with van der Waals surface area (Å²) in [4.78, 5) is 18.7. The molecule has 2 aromatic rings. The highest BCUT2D eigenvalue weighted by Crippen LogP contribution is 2.37. The van der Waals surface area contributed by atoms with Gasteiger partial charge in [0.05, 0.1) is 24.2 Å². The third kappa shape index (κ3) is 5.74. The van der Waals surface area contributed by atoms with Gasteiger partial charge in [-0.05, 0) is 17.7 Å². The maximum Gasteiger partial charge on any atom is 0.230 e. The van der Waals surface area contributed by atoms with Crippen LogP contribution in [-0.2, 0) is 20.8 Å². The molecule has 3 N–H and O–H groups in total. The number of nitrogens with zero attached hydrogens (tertiary/aromatic N) is 2. The van der Waals surface area contributed by atoms with Crippen molar-refractivity contribution in [3.63, 3.8) is 0 Å². The molecule has 7 nitrogen and oxygen atoms in total. The number of nitrogens with one attached hydrogen (secondary N) is 1. The van der Waals surface area contributed by atoms with Crippen LogP contribution in [0.25, 0.3) is 0 Å². The molecule has 1 aromatic heterocycles. The van der Waals surface area contributed by atoms with Gasteiger partial charge in [0, 0.05) is 31.6 Å². The minimum atomic E-state index is -0.849. The van der Waals surface area contributed by atoms with Crippen molar-refractivity contribution in [3.8, 4) is 0 Å². The first-order valence-corrected chi connectivity index (χ1v) is 11.4. The Hall–Kier alpha value is -1.63. The van der Waals surface area contributed by atoms with Crippen molar-refractivity contribution in [2.24, 2.45) is 5.73 Å². The van der Waals surface area contributed by atoms with Crippen LogP contribution in [0.5, 0.6) is 0 Å². The van der Waals surface area contributed by atoms with Crippen LogP contribution in [0.2, 0.25) is 0 Å². The number of amides is 1. The highest BCUT2D eigenvalue weighted by atomic mass is 32.2. The topological polar surface area (TPSA) is 93.0 Å². The van der Waals surface area contributed by atoms with Crippen LogP contribution in [-0.4, -0.2) is 60.1 Å². The number of rotatable bonds is 8. The van der Waals surface area contributed by atoms with Gasteiger partial charge >= 0.3 is 0 Å². The van der Waals surface area contributed by atoms with Crippen LogP contribution in [0.4, 0.5) is 8.78 Å². The van der Waals surface area contributed by atoms with Crippen molar-refractivity contribution in [3.05, 3.63) is 46.5 Å². The monoisotopic (exact) mass is 456 g/mol. The molecule has 2 fully saturated rings. The Kier molecular flexibility index (Phi) is 6.96. The largest absolute Gasteiger partial charge is 0.374 e. The first-order valence-electron chi connectivity index (χ1n) is 9.52. The van der Waals surface area contributed by atoms with E-state index in [4.69, 9.17) is 15.2 Å². The van der Waals surface area contributed by atoms with Crippen LogP contribution in [0, 0.1) is 11.6 Å². The maximum atomic E-state index is 13.4. The van der Waals surface area contributed by atoms with Gasteiger partial charge in [-0.2, -0.15) is 0 Å². The molecular weight excluding hydrogens is 434 g/mol. The van der Waals surface area contributed by atoms with E-state index in [0.717, 1.165) is 16.1 Å². The lowest BCUT2D eigenvalue weighted by Gasteiger charge is -2.33. The number of hydrogen-bond donors (Lipinski definition) is 2. The van der Waals surface area contributed by atoms with Crippen LogP contribution in [0.3, 0.4) is 0 Å². The van der Waals surface area contributed by atoms with Crippen LogP contribution < -0.4 is 11.1 Å². The molecule has 0 saturated carbocycles. The van der Waals surface area contributed by atoms with Gasteiger partial charge in [-0.15, -0.1) is 11.3 Å².